The first-order chi connectivity index (χ1) is 12.8. The summed E-state index contributed by atoms with van der Waals surface area (Å²) in [5.74, 6) is 0.354. The molecule has 5 nitrogen and oxygen atoms in total. The zero-order valence-electron chi connectivity index (χ0n) is 16.5. The molecule has 1 heterocycles. The Kier molecular flexibility index (Phi) is 6.05. The standard InChI is InChI=1S/C21H29N3O2S/c1-13-6-5-7-17(12-13)26-20(25)18-14(2)22-21(27)23-19(18)15-8-10-16(11-9-15)24(3)4/h8-11,13,17,19H,5-7,12H2,1-4H3,(H2,22,23,27)/t13-,17-,19+/m0/s1. The van der Waals surface area contributed by atoms with E-state index in [-0.39, 0.29) is 18.1 Å². The minimum atomic E-state index is -0.302. The van der Waals surface area contributed by atoms with E-state index in [2.05, 4.69) is 17.6 Å². The predicted molar refractivity (Wildman–Crippen MR) is 113 cm³/mol. The molecule has 1 fully saturated rings. The highest BCUT2D eigenvalue weighted by Gasteiger charge is 2.33. The molecule has 2 aliphatic rings. The van der Waals surface area contributed by atoms with E-state index >= 15 is 0 Å². The summed E-state index contributed by atoms with van der Waals surface area (Å²) in [4.78, 5) is 15.1. The molecule has 1 aromatic carbocycles. The monoisotopic (exact) mass is 387 g/mol. The van der Waals surface area contributed by atoms with Crippen molar-refractivity contribution in [3.63, 3.8) is 0 Å². The van der Waals surface area contributed by atoms with Crippen LogP contribution in [0.1, 0.15) is 51.1 Å². The van der Waals surface area contributed by atoms with Gasteiger partial charge < -0.3 is 20.3 Å². The van der Waals surface area contributed by atoms with Gasteiger partial charge in [-0.05, 0) is 62.0 Å². The number of anilines is 1. The maximum absolute atomic E-state index is 13.0. The third-order valence-electron chi connectivity index (χ3n) is 5.39. The Morgan fingerprint density at radius 1 is 1.22 bits per heavy atom. The number of nitrogens with one attached hydrogen (secondary N) is 2. The molecule has 2 N–H and O–H groups in total. The van der Waals surface area contributed by atoms with Crippen molar-refractivity contribution in [3.8, 4) is 0 Å². The van der Waals surface area contributed by atoms with Crippen molar-refractivity contribution < 1.29 is 9.53 Å². The summed E-state index contributed by atoms with van der Waals surface area (Å²) in [6, 6.07) is 7.85. The summed E-state index contributed by atoms with van der Waals surface area (Å²) >= 11 is 5.33. The van der Waals surface area contributed by atoms with Gasteiger partial charge in [-0.1, -0.05) is 25.5 Å². The quantitative estimate of drug-likeness (QED) is 0.607. The third-order valence-corrected chi connectivity index (χ3v) is 5.61. The highest BCUT2D eigenvalue weighted by Crippen LogP contribution is 2.31. The molecular formula is C21H29N3O2S. The second kappa shape index (κ2) is 8.30. The molecule has 0 amide bonds. The number of hydrogen-bond donors (Lipinski definition) is 2. The summed E-state index contributed by atoms with van der Waals surface area (Å²) in [6.45, 7) is 4.11. The average molecular weight is 388 g/mol. The lowest BCUT2D eigenvalue weighted by Gasteiger charge is -2.32. The van der Waals surface area contributed by atoms with E-state index < -0.39 is 0 Å². The van der Waals surface area contributed by atoms with Crippen molar-refractivity contribution in [2.75, 3.05) is 19.0 Å². The third kappa shape index (κ3) is 4.61. The van der Waals surface area contributed by atoms with Gasteiger partial charge in [0.1, 0.15) is 6.10 Å². The number of ether oxygens (including phenoxy) is 1. The van der Waals surface area contributed by atoms with Crippen molar-refractivity contribution in [1.82, 2.24) is 10.6 Å². The Morgan fingerprint density at radius 3 is 2.56 bits per heavy atom. The number of nitrogens with zero attached hydrogens (tertiary/aromatic N) is 1. The lowest BCUT2D eigenvalue weighted by Crippen LogP contribution is -2.45. The normalized spacial score (nSPS) is 25.5. The number of allylic oxidation sites excluding steroid dienone is 1. The lowest BCUT2D eigenvalue weighted by molar-refractivity contribution is -0.146. The van der Waals surface area contributed by atoms with Crippen LogP contribution in [-0.4, -0.2) is 31.3 Å². The van der Waals surface area contributed by atoms with Crippen molar-refractivity contribution in [1.29, 1.82) is 0 Å². The Bertz CT molecular complexity index is 742. The smallest absolute Gasteiger partial charge is 0.338 e. The number of esters is 1. The van der Waals surface area contributed by atoms with Crippen LogP contribution in [0, 0.1) is 5.92 Å². The minimum absolute atomic E-state index is 0.00666. The average Bonchev–Trinajstić information content (AvgIpc) is 2.61. The van der Waals surface area contributed by atoms with Crippen LogP contribution in [0.25, 0.3) is 0 Å². The van der Waals surface area contributed by atoms with Crippen molar-refractivity contribution in [3.05, 3.63) is 41.1 Å². The van der Waals surface area contributed by atoms with Crippen LogP contribution in [0.15, 0.2) is 35.5 Å². The topological polar surface area (TPSA) is 53.6 Å². The first-order valence-electron chi connectivity index (χ1n) is 9.61. The predicted octanol–water partition coefficient (Wildman–Crippen LogP) is 3.67. The zero-order valence-corrected chi connectivity index (χ0v) is 17.4. The molecule has 146 valence electrons. The van der Waals surface area contributed by atoms with Gasteiger partial charge >= 0.3 is 5.97 Å². The van der Waals surface area contributed by atoms with Gasteiger partial charge in [-0.2, -0.15) is 0 Å². The molecule has 0 saturated heterocycles. The van der Waals surface area contributed by atoms with E-state index in [4.69, 9.17) is 17.0 Å². The van der Waals surface area contributed by atoms with E-state index in [1.54, 1.807) is 0 Å². The number of rotatable bonds is 4. The van der Waals surface area contributed by atoms with E-state index in [9.17, 15) is 4.79 Å². The fourth-order valence-electron chi connectivity index (χ4n) is 3.88. The molecule has 6 heteroatoms. The molecule has 0 spiro atoms. The second-order valence-electron chi connectivity index (χ2n) is 7.86. The Morgan fingerprint density at radius 2 is 1.93 bits per heavy atom. The second-order valence-corrected chi connectivity index (χ2v) is 8.26. The van der Waals surface area contributed by atoms with Crippen molar-refractivity contribution in [2.45, 2.75) is 51.7 Å². The fraction of sp³-hybridized carbons (Fsp3) is 0.524. The molecule has 3 atom stereocenters. The summed E-state index contributed by atoms with van der Waals surface area (Å²) in [6.07, 6.45) is 4.23. The van der Waals surface area contributed by atoms with Gasteiger partial charge in [-0.15, -0.1) is 0 Å². The highest BCUT2D eigenvalue weighted by molar-refractivity contribution is 7.80. The molecule has 1 aliphatic carbocycles. The minimum Gasteiger partial charge on any atom is -0.459 e. The number of benzene rings is 1. The summed E-state index contributed by atoms with van der Waals surface area (Å²) in [5.41, 5.74) is 3.47. The zero-order chi connectivity index (χ0) is 19.6. The molecule has 0 unspecified atom stereocenters. The van der Waals surface area contributed by atoms with Gasteiger partial charge in [-0.3, -0.25) is 0 Å². The van der Waals surface area contributed by atoms with Crippen LogP contribution < -0.4 is 15.5 Å². The molecule has 27 heavy (non-hydrogen) atoms. The van der Waals surface area contributed by atoms with Crippen LogP contribution in [0.5, 0.6) is 0 Å². The van der Waals surface area contributed by atoms with Crippen LogP contribution >= 0.6 is 12.2 Å². The fourth-order valence-corrected chi connectivity index (χ4v) is 4.15. The Labute approximate surface area is 167 Å². The van der Waals surface area contributed by atoms with Gasteiger partial charge in [0.25, 0.3) is 0 Å². The first-order valence-corrected chi connectivity index (χ1v) is 10.0. The van der Waals surface area contributed by atoms with E-state index in [0.717, 1.165) is 36.2 Å². The largest absolute Gasteiger partial charge is 0.459 e. The van der Waals surface area contributed by atoms with Crippen LogP contribution in [0.4, 0.5) is 5.69 Å². The molecule has 0 aromatic heterocycles. The number of carbonyl (C=O) groups excluding carboxylic acids is 1. The SMILES string of the molecule is CC1=C(C(=O)O[C@H]2CCC[C@H](C)C2)[C@@H](c2ccc(N(C)C)cc2)NC(=S)N1. The molecule has 0 radical (unpaired) electrons. The van der Waals surface area contributed by atoms with Gasteiger partial charge in [0.05, 0.1) is 11.6 Å². The van der Waals surface area contributed by atoms with Crippen molar-refractivity contribution in [2.24, 2.45) is 5.92 Å². The Balaban J connectivity index is 1.84. The molecule has 1 aromatic rings. The van der Waals surface area contributed by atoms with Gasteiger partial charge in [0.15, 0.2) is 5.11 Å². The number of hydrogen-bond acceptors (Lipinski definition) is 4. The van der Waals surface area contributed by atoms with Crippen LogP contribution in [0.3, 0.4) is 0 Å². The molecule has 1 aliphatic heterocycles. The summed E-state index contributed by atoms with van der Waals surface area (Å²) in [5, 5.41) is 6.84. The molecule has 3 rings (SSSR count). The molecule has 0 bridgehead atoms. The van der Waals surface area contributed by atoms with Crippen LogP contribution in [0.2, 0.25) is 0 Å². The number of thiocarbonyl (C=S) groups is 1. The number of carbonyl (C=O) groups is 1. The highest BCUT2D eigenvalue weighted by atomic mass is 32.1. The van der Waals surface area contributed by atoms with Gasteiger partial charge in [0.2, 0.25) is 0 Å². The summed E-state index contributed by atoms with van der Waals surface area (Å²) in [7, 11) is 4.01. The molecular weight excluding hydrogens is 358 g/mol. The maximum Gasteiger partial charge on any atom is 0.338 e. The summed E-state index contributed by atoms with van der Waals surface area (Å²) < 4.78 is 5.89. The van der Waals surface area contributed by atoms with E-state index in [0.29, 0.717) is 16.6 Å². The van der Waals surface area contributed by atoms with Crippen molar-refractivity contribution >= 4 is 29.0 Å². The van der Waals surface area contributed by atoms with E-state index in [1.807, 2.05) is 50.2 Å². The lowest BCUT2D eigenvalue weighted by atomic mass is 9.88. The Hall–Kier alpha value is -2.08. The molecule has 1 saturated carbocycles. The maximum atomic E-state index is 13.0. The first kappa shape index (κ1) is 19.7. The van der Waals surface area contributed by atoms with Gasteiger partial charge in [-0.25, -0.2) is 4.79 Å². The van der Waals surface area contributed by atoms with Crippen LogP contribution in [-0.2, 0) is 9.53 Å². The van der Waals surface area contributed by atoms with E-state index in [1.165, 1.54) is 6.42 Å². The van der Waals surface area contributed by atoms with Gasteiger partial charge in [0, 0.05) is 25.5 Å².